The summed E-state index contributed by atoms with van der Waals surface area (Å²) in [5.74, 6) is 1.16. The van der Waals surface area contributed by atoms with Crippen LogP contribution in [0.1, 0.15) is 23.6 Å². The SMILES string of the molecule is CCOc1cc(CN(CCc2c[nH]c3ccc(OC)cc23)C(=S)Nc2ccc(C(F)(F)F)cc2)ccc1O. The molecular formula is C28H28F3N3O3S. The molecule has 0 aliphatic heterocycles. The lowest BCUT2D eigenvalue weighted by Crippen LogP contribution is -2.35. The Kier molecular flexibility index (Phi) is 8.31. The predicted molar refractivity (Wildman–Crippen MR) is 146 cm³/mol. The van der Waals surface area contributed by atoms with Gasteiger partial charge in [0.1, 0.15) is 5.75 Å². The van der Waals surface area contributed by atoms with Crippen LogP contribution < -0.4 is 14.8 Å². The van der Waals surface area contributed by atoms with E-state index >= 15 is 0 Å². The lowest BCUT2D eigenvalue weighted by Gasteiger charge is -2.26. The van der Waals surface area contributed by atoms with Gasteiger partial charge in [-0.25, -0.2) is 0 Å². The summed E-state index contributed by atoms with van der Waals surface area (Å²) in [5, 5.41) is 14.5. The van der Waals surface area contributed by atoms with Gasteiger partial charge in [0.15, 0.2) is 16.6 Å². The van der Waals surface area contributed by atoms with E-state index in [4.69, 9.17) is 21.7 Å². The number of phenolic OH excluding ortho intramolecular Hbond substituents is 1. The van der Waals surface area contributed by atoms with Crippen LogP contribution in [-0.4, -0.2) is 40.4 Å². The number of nitrogens with zero attached hydrogens (tertiary/aromatic N) is 1. The van der Waals surface area contributed by atoms with E-state index in [2.05, 4.69) is 10.3 Å². The summed E-state index contributed by atoms with van der Waals surface area (Å²) in [4.78, 5) is 5.19. The van der Waals surface area contributed by atoms with Gasteiger partial charge < -0.3 is 29.8 Å². The smallest absolute Gasteiger partial charge is 0.416 e. The molecule has 0 aliphatic rings. The van der Waals surface area contributed by atoms with E-state index < -0.39 is 11.7 Å². The van der Waals surface area contributed by atoms with Crippen molar-refractivity contribution in [2.75, 3.05) is 25.6 Å². The Morgan fingerprint density at radius 2 is 1.84 bits per heavy atom. The van der Waals surface area contributed by atoms with Gasteiger partial charge in [0.2, 0.25) is 0 Å². The van der Waals surface area contributed by atoms with Gasteiger partial charge in [-0.15, -0.1) is 0 Å². The van der Waals surface area contributed by atoms with Crippen LogP contribution in [0.3, 0.4) is 0 Å². The Bertz CT molecular complexity index is 1400. The Hall–Kier alpha value is -3.92. The molecule has 38 heavy (non-hydrogen) atoms. The van der Waals surface area contributed by atoms with E-state index in [1.165, 1.54) is 12.1 Å². The van der Waals surface area contributed by atoms with Gasteiger partial charge in [-0.05, 0) is 91.3 Å². The minimum Gasteiger partial charge on any atom is -0.504 e. The van der Waals surface area contributed by atoms with Crippen molar-refractivity contribution in [3.63, 3.8) is 0 Å². The molecule has 4 aromatic rings. The monoisotopic (exact) mass is 543 g/mol. The Morgan fingerprint density at radius 1 is 1.08 bits per heavy atom. The zero-order valence-electron chi connectivity index (χ0n) is 20.9. The molecule has 200 valence electrons. The van der Waals surface area contributed by atoms with Crippen LogP contribution in [-0.2, 0) is 19.1 Å². The van der Waals surface area contributed by atoms with Crippen LogP contribution >= 0.6 is 12.2 Å². The molecule has 6 nitrogen and oxygen atoms in total. The second-order valence-corrected chi connectivity index (χ2v) is 9.02. The number of ether oxygens (including phenoxy) is 2. The number of anilines is 1. The maximum Gasteiger partial charge on any atom is 0.416 e. The van der Waals surface area contributed by atoms with E-state index in [-0.39, 0.29) is 5.75 Å². The molecule has 0 bridgehead atoms. The molecule has 0 radical (unpaired) electrons. The number of thiocarbonyl (C=S) groups is 1. The maximum atomic E-state index is 13.0. The van der Waals surface area contributed by atoms with Crippen molar-refractivity contribution in [3.8, 4) is 17.2 Å². The number of hydrogen-bond acceptors (Lipinski definition) is 4. The van der Waals surface area contributed by atoms with E-state index in [0.29, 0.717) is 42.7 Å². The number of H-pyrrole nitrogens is 1. The van der Waals surface area contributed by atoms with Gasteiger partial charge in [0, 0.05) is 35.9 Å². The van der Waals surface area contributed by atoms with Crippen molar-refractivity contribution in [2.45, 2.75) is 26.1 Å². The van der Waals surface area contributed by atoms with Crippen molar-refractivity contribution >= 4 is 33.9 Å². The first-order chi connectivity index (χ1) is 18.2. The summed E-state index contributed by atoms with van der Waals surface area (Å²) >= 11 is 5.69. The van der Waals surface area contributed by atoms with Crippen molar-refractivity contribution in [3.05, 3.63) is 83.6 Å². The Morgan fingerprint density at radius 3 is 2.53 bits per heavy atom. The molecule has 0 spiro atoms. The number of aromatic amines is 1. The number of halogens is 3. The molecule has 10 heteroatoms. The van der Waals surface area contributed by atoms with Crippen LogP contribution in [0.15, 0.2) is 66.9 Å². The van der Waals surface area contributed by atoms with E-state index in [1.807, 2.05) is 36.2 Å². The van der Waals surface area contributed by atoms with Gasteiger partial charge in [-0.2, -0.15) is 13.2 Å². The molecule has 3 aromatic carbocycles. The number of alkyl halides is 3. The van der Waals surface area contributed by atoms with E-state index in [9.17, 15) is 18.3 Å². The number of nitrogens with one attached hydrogen (secondary N) is 2. The van der Waals surface area contributed by atoms with Gasteiger partial charge in [-0.1, -0.05) is 6.07 Å². The molecule has 3 N–H and O–H groups in total. The summed E-state index contributed by atoms with van der Waals surface area (Å²) in [6.45, 7) is 3.14. The van der Waals surface area contributed by atoms with Crippen molar-refractivity contribution in [1.29, 1.82) is 0 Å². The maximum absolute atomic E-state index is 13.0. The quantitative estimate of drug-likeness (QED) is 0.203. The fourth-order valence-corrected chi connectivity index (χ4v) is 4.37. The van der Waals surface area contributed by atoms with Crippen LogP contribution in [0.5, 0.6) is 17.2 Å². The highest BCUT2D eigenvalue weighted by molar-refractivity contribution is 7.80. The van der Waals surface area contributed by atoms with Crippen LogP contribution in [0.4, 0.5) is 18.9 Å². The average Bonchev–Trinajstić information content (AvgIpc) is 3.30. The lowest BCUT2D eigenvalue weighted by atomic mass is 10.1. The number of phenols is 1. The molecule has 0 unspecified atom stereocenters. The third-order valence-electron chi connectivity index (χ3n) is 6.07. The second kappa shape index (κ2) is 11.6. The standard InChI is InChI=1S/C28H28F3N3O3S/c1-3-37-26-14-18(4-11-25(26)35)17-34(27(38)33-21-7-5-20(6-8-21)28(29,30)31)13-12-19-16-32-24-10-9-22(36-2)15-23(19)24/h4-11,14-16,32,35H,3,12-13,17H2,1-2H3,(H,33,38). The van der Waals surface area contributed by atoms with Gasteiger partial charge in [-0.3, -0.25) is 0 Å². The fourth-order valence-electron chi connectivity index (χ4n) is 4.09. The van der Waals surface area contributed by atoms with Crippen LogP contribution in [0, 0.1) is 0 Å². The fraction of sp³-hybridized carbons (Fsp3) is 0.250. The minimum absolute atomic E-state index is 0.0420. The van der Waals surface area contributed by atoms with Crippen LogP contribution in [0.2, 0.25) is 0 Å². The predicted octanol–water partition coefficient (Wildman–Crippen LogP) is 6.74. The number of aromatic nitrogens is 1. The average molecular weight is 544 g/mol. The first-order valence-electron chi connectivity index (χ1n) is 12.0. The summed E-state index contributed by atoms with van der Waals surface area (Å²) in [6, 6.07) is 15.7. The third-order valence-corrected chi connectivity index (χ3v) is 6.43. The minimum atomic E-state index is -4.41. The molecule has 1 aromatic heterocycles. The Labute approximate surface area is 224 Å². The first kappa shape index (κ1) is 27.1. The van der Waals surface area contributed by atoms with Crippen LogP contribution in [0.25, 0.3) is 10.9 Å². The topological polar surface area (TPSA) is 69.8 Å². The number of fused-ring (bicyclic) bond motifs is 1. The van der Waals surface area contributed by atoms with Gasteiger partial charge >= 0.3 is 6.18 Å². The third kappa shape index (κ3) is 6.49. The highest BCUT2D eigenvalue weighted by Gasteiger charge is 2.30. The number of benzene rings is 3. The second-order valence-electron chi connectivity index (χ2n) is 8.64. The van der Waals surface area contributed by atoms with Crippen molar-refractivity contribution in [1.82, 2.24) is 9.88 Å². The highest BCUT2D eigenvalue weighted by atomic mass is 32.1. The molecule has 4 rings (SSSR count). The largest absolute Gasteiger partial charge is 0.504 e. The number of methoxy groups -OCH3 is 1. The first-order valence-corrected chi connectivity index (χ1v) is 12.4. The van der Waals surface area contributed by atoms with E-state index in [1.54, 1.807) is 25.3 Å². The van der Waals surface area contributed by atoms with E-state index in [0.717, 1.165) is 39.9 Å². The number of aromatic hydroxyl groups is 1. The molecular weight excluding hydrogens is 515 g/mol. The lowest BCUT2D eigenvalue weighted by molar-refractivity contribution is -0.137. The Balaban J connectivity index is 1.56. The van der Waals surface area contributed by atoms with Crippen molar-refractivity contribution < 1.29 is 27.8 Å². The summed E-state index contributed by atoms with van der Waals surface area (Å²) < 4.78 is 49.8. The molecule has 0 fully saturated rings. The molecule has 0 saturated carbocycles. The zero-order chi connectivity index (χ0) is 27.3. The zero-order valence-corrected chi connectivity index (χ0v) is 21.7. The summed E-state index contributed by atoms with van der Waals surface area (Å²) in [6.07, 6.45) is -1.83. The molecule has 0 saturated heterocycles. The highest BCUT2D eigenvalue weighted by Crippen LogP contribution is 2.31. The molecule has 0 aliphatic carbocycles. The van der Waals surface area contributed by atoms with Gasteiger partial charge in [0.05, 0.1) is 19.3 Å². The summed E-state index contributed by atoms with van der Waals surface area (Å²) in [7, 11) is 1.62. The normalized spacial score (nSPS) is 11.4. The number of hydrogen-bond donors (Lipinski definition) is 3. The number of rotatable bonds is 9. The summed E-state index contributed by atoms with van der Waals surface area (Å²) in [5.41, 5.74) is 2.63. The molecule has 0 atom stereocenters. The van der Waals surface area contributed by atoms with Gasteiger partial charge in [0.25, 0.3) is 0 Å². The van der Waals surface area contributed by atoms with Crippen molar-refractivity contribution in [2.24, 2.45) is 0 Å². The molecule has 0 amide bonds. The molecule has 1 heterocycles.